The van der Waals surface area contributed by atoms with Crippen LogP contribution in [0, 0.1) is 0 Å². The molecule has 1 aromatic heterocycles. The maximum atomic E-state index is 9.36. The number of aryl methyl sites for hydroxylation is 1. The third-order valence-electron chi connectivity index (χ3n) is 4.34. The summed E-state index contributed by atoms with van der Waals surface area (Å²) < 4.78 is 5.61. The number of nitrogens with two attached hydrogens (primary N) is 1. The number of benzene rings is 1. The van der Waals surface area contributed by atoms with Crippen molar-refractivity contribution in [3.8, 4) is 17.0 Å². The number of methoxy groups -OCH3 is 1. The van der Waals surface area contributed by atoms with Crippen LogP contribution in [0.15, 0.2) is 30.3 Å². The molecule has 2 rings (SSSR count). The standard InChI is InChI=1S/C20H29N3O2/c1-5-14-11-16(17-7-6-8-19(21)23-17)18(25-4)12-15(14)9-10-22-20(2,3)13-24/h6-8,11-12,22,24H,5,9-10,13H2,1-4H3,(H2,21,23). The Balaban J connectivity index is 2.30. The van der Waals surface area contributed by atoms with Gasteiger partial charge < -0.3 is 20.9 Å². The molecule has 4 N–H and O–H groups in total. The molecule has 0 radical (unpaired) electrons. The van der Waals surface area contributed by atoms with Gasteiger partial charge in [-0.05, 0) is 68.6 Å². The van der Waals surface area contributed by atoms with E-state index in [9.17, 15) is 5.11 Å². The summed E-state index contributed by atoms with van der Waals surface area (Å²) >= 11 is 0. The van der Waals surface area contributed by atoms with Gasteiger partial charge in [0.05, 0.1) is 19.4 Å². The number of aromatic nitrogens is 1. The Morgan fingerprint density at radius 1 is 1.24 bits per heavy atom. The molecule has 0 saturated carbocycles. The van der Waals surface area contributed by atoms with Crippen LogP contribution < -0.4 is 15.8 Å². The van der Waals surface area contributed by atoms with Crippen LogP contribution in [0.2, 0.25) is 0 Å². The highest BCUT2D eigenvalue weighted by atomic mass is 16.5. The lowest BCUT2D eigenvalue weighted by Gasteiger charge is -2.24. The zero-order valence-corrected chi connectivity index (χ0v) is 15.6. The highest BCUT2D eigenvalue weighted by molar-refractivity contribution is 5.70. The highest BCUT2D eigenvalue weighted by Gasteiger charge is 2.16. The minimum Gasteiger partial charge on any atom is -0.496 e. The van der Waals surface area contributed by atoms with E-state index in [1.165, 1.54) is 11.1 Å². The maximum Gasteiger partial charge on any atom is 0.128 e. The summed E-state index contributed by atoms with van der Waals surface area (Å²) in [6.07, 6.45) is 1.80. The van der Waals surface area contributed by atoms with Crippen LogP contribution in [0.25, 0.3) is 11.3 Å². The van der Waals surface area contributed by atoms with Crippen molar-refractivity contribution in [1.82, 2.24) is 10.3 Å². The average Bonchev–Trinajstić information content (AvgIpc) is 2.61. The maximum absolute atomic E-state index is 9.36. The molecule has 1 aromatic carbocycles. The summed E-state index contributed by atoms with van der Waals surface area (Å²) in [7, 11) is 1.67. The first-order chi connectivity index (χ1) is 11.9. The number of pyridine rings is 1. The van der Waals surface area contributed by atoms with E-state index < -0.39 is 0 Å². The zero-order chi connectivity index (χ0) is 18.4. The summed E-state index contributed by atoms with van der Waals surface area (Å²) in [5.41, 5.74) is 9.84. The van der Waals surface area contributed by atoms with E-state index in [2.05, 4.69) is 29.4 Å². The Kier molecular flexibility index (Phi) is 6.39. The topological polar surface area (TPSA) is 80.4 Å². The van der Waals surface area contributed by atoms with Crippen LogP contribution in [0.3, 0.4) is 0 Å². The molecule has 0 atom stereocenters. The van der Waals surface area contributed by atoms with Gasteiger partial charge in [-0.15, -0.1) is 0 Å². The van der Waals surface area contributed by atoms with Crippen molar-refractivity contribution in [1.29, 1.82) is 0 Å². The van der Waals surface area contributed by atoms with Crippen molar-refractivity contribution in [2.24, 2.45) is 0 Å². The molecule has 0 unspecified atom stereocenters. The van der Waals surface area contributed by atoms with Crippen LogP contribution in [-0.2, 0) is 12.8 Å². The first kappa shape index (κ1) is 19.2. The fourth-order valence-corrected chi connectivity index (χ4v) is 2.79. The van der Waals surface area contributed by atoms with Gasteiger partial charge in [-0.3, -0.25) is 0 Å². The summed E-state index contributed by atoms with van der Waals surface area (Å²) in [5, 5.41) is 12.7. The second-order valence-corrected chi connectivity index (χ2v) is 6.84. The second kappa shape index (κ2) is 8.32. The van der Waals surface area contributed by atoms with E-state index in [0.29, 0.717) is 5.82 Å². The van der Waals surface area contributed by atoms with E-state index in [0.717, 1.165) is 36.4 Å². The highest BCUT2D eigenvalue weighted by Crippen LogP contribution is 2.32. The number of anilines is 1. The Morgan fingerprint density at radius 2 is 2.00 bits per heavy atom. The summed E-state index contributed by atoms with van der Waals surface area (Å²) in [6.45, 7) is 7.02. The number of ether oxygens (including phenoxy) is 1. The Bertz CT molecular complexity index is 714. The number of aliphatic hydroxyl groups is 1. The molecule has 1 heterocycles. The number of nitrogen functional groups attached to an aromatic ring is 1. The van der Waals surface area contributed by atoms with Gasteiger partial charge in [0.15, 0.2) is 0 Å². The Hall–Kier alpha value is -2.11. The first-order valence-corrected chi connectivity index (χ1v) is 8.68. The van der Waals surface area contributed by atoms with Crippen molar-refractivity contribution in [3.63, 3.8) is 0 Å². The molecule has 0 bridgehead atoms. The third kappa shape index (κ3) is 4.94. The van der Waals surface area contributed by atoms with Gasteiger partial charge in [0, 0.05) is 11.1 Å². The van der Waals surface area contributed by atoms with Crippen LogP contribution in [0.4, 0.5) is 5.82 Å². The van der Waals surface area contributed by atoms with Gasteiger partial charge >= 0.3 is 0 Å². The second-order valence-electron chi connectivity index (χ2n) is 6.84. The summed E-state index contributed by atoms with van der Waals surface area (Å²) in [5.74, 6) is 1.30. The van der Waals surface area contributed by atoms with Gasteiger partial charge in [-0.2, -0.15) is 0 Å². The monoisotopic (exact) mass is 343 g/mol. The predicted molar refractivity (Wildman–Crippen MR) is 103 cm³/mol. The molecule has 0 saturated heterocycles. The van der Waals surface area contributed by atoms with E-state index in [4.69, 9.17) is 10.5 Å². The minimum atomic E-state index is -0.276. The number of rotatable bonds is 8. The molecule has 0 amide bonds. The number of hydrogen-bond acceptors (Lipinski definition) is 5. The molecule has 0 spiro atoms. The smallest absolute Gasteiger partial charge is 0.128 e. The van der Waals surface area contributed by atoms with Gasteiger partial charge in [0.2, 0.25) is 0 Å². The molecule has 5 heteroatoms. The van der Waals surface area contributed by atoms with E-state index >= 15 is 0 Å². The number of nitrogens with zero attached hydrogens (tertiary/aromatic N) is 1. The summed E-state index contributed by atoms with van der Waals surface area (Å²) in [6, 6.07) is 9.86. The van der Waals surface area contributed by atoms with Crippen molar-refractivity contribution in [3.05, 3.63) is 41.5 Å². The van der Waals surface area contributed by atoms with Crippen LogP contribution in [-0.4, -0.2) is 35.9 Å². The molecule has 25 heavy (non-hydrogen) atoms. The number of aliphatic hydroxyl groups excluding tert-OH is 1. The Labute approximate surface area is 150 Å². The van der Waals surface area contributed by atoms with Crippen LogP contribution in [0.1, 0.15) is 31.9 Å². The van der Waals surface area contributed by atoms with Gasteiger partial charge in [-0.1, -0.05) is 13.0 Å². The number of hydrogen-bond donors (Lipinski definition) is 3. The fraction of sp³-hybridized carbons (Fsp3) is 0.450. The molecule has 2 aromatic rings. The van der Waals surface area contributed by atoms with E-state index in [-0.39, 0.29) is 12.1 Å². The predicted octanol–water partition coefficient (Wildman–Crippen LogP) is 2.80. The molecule has 0 aliphatic carbocycles. The quantitative estimate of drug-likeness (QED) is 0.687. The first-order valence-electron chi connectivity index (χ1n) is 8.68. The van der Waals surface area contributed by atoms with Gasteiger partial charge in [0.1, 0.15) is 11.6 Å². The lowest BCUT2D eigenvalue weighted by Crippen LogP contribution is -2.43. The lowest BCUT2D eigenvalue weighted by molar-refractivity contribution is 0.189. The van der Waals surface area contributed by atoms with Crippen molar-refractivity contribution in [2.75, 3.05) is 26.0 Å². The number of nitrogens with one attached hydrogen (secondary N) is 1. The molecular weight excluding hydrogens is 314 g/mol. The van der Waals surface area contributed by atoms with E-state index in [1.54, 1.807) is 13.2 Å². The van der Waals surface area contributed by atoms with Gasteiger partial charge in [0.25, 0.3) is 0 Å². The fourth-order valence-electron chi connectivity index (χ4n) is 2.79. The molecule has 0 fully saturated rings. The average molecular weight is 343 g/mol. The lowest BCUT2D eigenvalue weighted by atomic mass is 9.96. The zero-order valence-electron chi connectivity index (χ0n) is 15.6. The third-order valence-corrected chi connectivity index (χ3v) is 4.34. The molecule has 5 nitrogen and oxygen atoms in total. The Morgan fingerprint density at radius 3 is 2.60 bits per heavy atom. The minimum absolute atomic E-state index is 0.108. The van der Waals surface area contributed by atoms with Crippen molar-refractivity contribution < 1.29 is 9.84 Å². The largest absolute Gasteiger partial charge is 0.496 e. The van der Waals surface area contributed by atoms with Crippen LogP contribution >= 0.6 is 0 Å². The molecule has 0 aliphatic heterocycles. The normalized spacial score (nSPS) is 11.6. The van der Waals surface area contributed by atoms with Gasteiger partial charge in [-0.25, -0.2) is 4.98 Å². The van der Waals surface area contributed by atoms with Crippen LogP contribution in [0.5, 0.6) is 5.75 Å². The SMILES string of the molecule is CCc1cc(-c2cccc(N)n2)c(OC)cc1CCNC(C)(C)CO. The molecule has 0 aliphatic rings. The molecular formula is C20H29N3O2. The summed E-state index contributed by atoms with van der Waals surface area (Å²) in [4.78, 5) is 4.42. The van der Waals surface area contributed by atoms with E-state index in [1.807, 2.05) is 26.0 Å². The molecule has 136 valence electrons. The van der Waals surface area contributed by atoms with Crippen molar-refractivity contribution >= 4 is 5.82 Å². The van der Waals surface area contributed by atoms with Crippen molar-refractivity contribution in [2.45, 2.75) is 39.2 Å².